The molecule has 0 unspecified atom stereocenters. The highest BCUT2D eigenvalue weighted by atomic mass is 16.5. The molecule has 1 aliphatic rings. The van der Waals surface area contributed by atoms with Crippen molar-refractivity contribution in [2.45, 2.75) is 53.0 Å². The van der Waals surface area contributed by atoms with E-state index in [1.807, 2.05) is 26.0 Å². The zero-order valence-corrected chi connectivity index (χ0v) is 14.5. The van der Waals surface area contributed by atoms with Crippen molar-refractivity contribution >= 4 is 11.9 Å². The summed E-state index contributed by atoms with van der Waals surface area (Å²) < 4.78 is 5.18. The first-order valence-electron chi connectivity index (χ1n) is 8.43. The van der Waals surface area contributed by atoms with Gasteiger partial charge < -0.3 is 10.1 Å². The van der Waals surface area contributed by atoms with E-state index < -0.39 is 5.97 Å². The molecule has 0 bridgehead atoms. The van der Waals surface area contributed by atoms with Gasteiger partial charge in [-0.3, -0.25) is 4.79 Å². The lowest BCUT2D eigenvalue weighted by atomic mass is 9.78. The molecule has 0 spiro atoms. The minimum atomic E-state index is -0.439. The first-order valence-corrected chi connectivity index (χ1v) is 8.43. The number of ether oxygens (including phenoxy) is 1. The number of aryl methyl sites for hydroxylation is 1. The maximum Gasteiger partial charge on any atom is 0.338 e. The van der Waals surface area contributed by atoms with Crippen LogP contribution in [0.5, 0.6) is 0 Å². The van der Waals surface area contributed by atoms with Crippen molar-refractivity contribution in [3.63, 3.8) is 0 Å². The molecule has 4 heteroatoms. The highest BCUT2D eigenvalue weighted by molar-refractivity contribution is 5.93. The van der Waals surface area contributed by atoms with E-state index in [1.54, 1.807) is 6.07 Å². The maximum absolute atomic E-state index is 12.1. The van der Waals surface area contributed by atoms with Gasteiger partial charge in [-0.15, -0.1) is 0 Å². The van der Waals surface area contributed by atoms with Crippen molar-refractivity contribution in [3.05, 3.63) is 34.9 Å². The molecule has 0 aromatic heterocycles. The minimum absolute atomic E-state index is 0.186. The summed E-state index contributed by atoms with van der Waals surface area (Å²) in [5.74, 6) is 0.426. The average Bonchev–Trinajstić information content (AvgIpc) is 2.52. The number of carbonyl (C=O) groups is 2. The zero-order valence-electron chi connectivity index (χ0n) is 14.5. The smallest absolute Gasteiger partial charge is 0.338 e. The Morgan fingerprint density at radius 3 is 2.70 bits per heavy atom. The molecule has 4 nitrogen and oxygen atoms in total. The van der Waals surface area contributed by atoms with Crippen LogP contribution < -0.4 is 5.32 Å². The molecule has 0 saturated heterocycles. The number of hydrogen-bond donors (Lipinski definition) is 1. The van der Waals surface area contributed by atoms with Crippen molar-refractivity contribution in [1.82, 2.24) is 5.32 Å². The van der Waals surface area contributed by atoms with Crippen LogP contribution in [0.4, 0.5) is 0 Å². The number of rotatable bonds is 4. The lowest BCUT2D eigenvalue weighted by Crippen LogP contribution is -2.45. The van der Waals surface area contributed by atoms with E-state index in [0.29, 0.717) is 17.4 Å². The third-order valence-electron chi connectivity index (χ3n) is 5.21. The van der Waals surface area contributed by atoms with Crippen LogP contribution in [-0.2, 0) is 9.53 Å². The van der Waals surface area contributed by atoms with E-state index in [4.69, 9.17) is 4.74 Å². The Labute approximate surface area is 138 Å². The topological polar surface area (TPSA) is 55.4 Å². The van der Waals surface area contributed by atoms with Crippen molar-refractivity contribution in [2.24, 2.45) is 11.8 Å². The summed E-state index contributed by atoms with van der Waals surface area (Å²) in [6.45, 7) is 8.02. The van der Waals surface area contributed by atoms with Gasteiger partial charge in [-0.2, -0.15) is 0 Å². The summed E-state index contributed by atoms with van der Waals surface area (Å²) in [4.78, 5) is 24.2. The molecule has 1 fully saturated rings. The van der Waals surface area contributed by atoms with Gasteiger partial charge in [0.25, 0.3) is 5.91 Å². The molecule has 23 heavy (non-hydrogen) atoms. The van der Waals surface area contributed by atoms with Gasteiger partial charge in [0, 0.05) is 6.04 Å². The molecule has 3 atom stereocenters. The summed E-state index contributed by atoms with van der Waals surface area (Å²) in [6.07, 6.45) is 3.36. The van der Waals surface area contributed by atoms with Crippen LogP contribution in [0.25, 0.3) is 0 Å². The summed E-state index contributed by atoms with van der Waals surface area (Å²) in [7, 11) is 0. The molecule has 1 aliphatic carbocycles. The molecule has 0 radical (unpaired) electrons. The quantitative estimate of drug-likeness (QED) is 0.866. The van der Waals surface area contributed by atoms with E-state index in [-0.39, 0.29) is 18.6 Å². The van der Waals surface area contributed by atoms with Crippen LogP contribution in [0.15, 0.2) is 18.2 Å². The second-order valence-corrected chi connectivity index (χ2v) is 6.76. The number of amides is 1. The Morgan fingerprint density at radius 1 is 1.22 bits per heavy atom. The Hall–Kier alpha value is -1.84. The maximum atomic E-state index is 12.1. The highest BCUT2D eigenvalue weighted by Crippen LogP contribution is 2.29. The van der Waals surface area contributed by atoms with E-state index in [9.17, 15) is 9.59 Å². The van der Waals surface area contributed by atoms with E-state index in [0.717, 1.165) is 24.0 Å². The molecule has 0 aliphatic heterocycles. The molecular formula is C19H27NO3. The summed E-state index contributed by atoms with van der Waals surface area (Å²) >= 11 is 0. The SMILES string of the molecule is Cc1cccc(C(=O)OCC(=O)N[C@@H]2CCC[C@@H](C)[C@H]2C)c1C. The van der Waals surface area contributed by atoms with E-state index >= 15 is 0 Å². The number of benzene rings is 1. The fourth-order valence-corrected chi connectivity index (χ4v) is 3.22. The summed E-state index contributed by atoms with van der Waals surface area (Å²) in [5, 5.41) is 3.02. The van der Waals surface area contributed by atoms with Gasteiger partial charge in [0.05, 0.1) is 5.56 Å². The van der Waals surface area contributed by atoms with Gasteiger partial charge in [0.1, 0.15) is 0 Å². The molecule has 1 saturated carbocycles. The fraction of sp³-hybridized carbons (Fsp3) is 0.579. The average molecular weight is 317 g/mol. The first kappa shape index (κ1) is 17.5. The minimum Gasteiger partial charge on any atom is -0.452 e. The van der Waals surface area contributed by atoms with Crippen LogP contribution in [0.3, 0.4) is 0 Å². The normalized spacial score (nSPS) is 24.1. The second kappa shape index (κ2) is 7.62. The largest absolute Gasteiger partial charge is 0.452 e. The van der Waals surface area contributed by atoms with Crippen LogP contribution in [-0.4, -0.2) is 24.5 Å². The zero-order chi connectivity index (χ0) is 17.0. The van der Waals surface area contributed by atoms with E-state index in [1.165, 1.54) is 6.42 Å². The van der Waals surface area contributed by atoms with E-state index in [2.05, 4.69) is 19.2 Å². The number of hydrogen-bond acceptors (Lipinski definition) is 3. The summed E-state index contributed by atoms with van der Waals surface area (Å²) in [5.41, 5.74) is 2.46. The lowest BCUT2D eigenvalue weighted by molar-refractivity contribution is -0.125. The number of nitrogens with one attached hydrogen (secondary N) is 1. The van der Waals surface area contributed by atoms with Gasteiger partial charge in [0.15, 0.2) is 6.61 Å². The van der Waals surface area contributed by atoms with Crippen molar-refractivity contribution < 1.29 is 14.3 Å². The third kappa shape index (κ3) is 4.34. The Balaban J connectivity index is 1.86. The molecule has 1 amide bonds. The van der Waals surface area contributed by atoms with Gasteiger partial charge in [-0.1, -0.05) is 38.8 Å². The lowest BCUT2D eigenvalue weighted by Gasteiger charge is -2.34. The Bertz CT molecular complexity index is 582. The molecule has 0 heterocycles. The molecule has 1 aromatic rings. The van der Waals surface area contributed by atoms with Crippen LogP contribution in [0.1, 0.15) is 54.6 Å². The molecule has 1 N–H and O–H groups in total. The number of carbonyl (C=O) groups excluding carboxylic acids is 2. The number of esters is 1. The third-order valence-corrected chi connectivity index (χ3v) is 5.21. The second-order valence-electron chi connectivity index (χ2n) is 6.76. The molecular weight excluding hydrogens is 290 g/mol. The van der Waals surface area contributed by atoms with Crippen LogP contribution in [0, 0.1) is 25.7 Å². The standard InChI is InChI=1S/C19H27NO3/c1-12-7-5-9-16(14(12)3)19(22)23-11-18(21)20-17-10-6-8-13(2)15(17)4/h5,7,9,13,15,17H,6,8,10-11H2,1-4H3,(H,20,21)/t13-,15-,17-/m1/s1. The molecule has 1 aromatic carbocycles. The highest BCUT2D eigenvalue weighted by Gasteiger charge is 2.28. The van der Waals surface area contributed by atoms with Crippen molar-refractivity contribution in [1.29, 1.82) is 0 Å². The van der Waals surface area contributed by atoms with Gasteiger partial charge in [-0.25, -0.2) is 4.79 Å². The Kier molecular flexibility index (Phi) is 5.80. The van der Waals surface area contributed by atoms with Crippen LogP contribution >= 0.6 is 0 Å². The van der Waals surface area contributed by atoms with Gasteiger partial charge in [0.2, 0.25) is 0 Å². The molecule has 2 rings (SSSR count). The fourth-order valence-electron chi connectivity index (χ4n) is 3.22. The predicted molar refractivity (Wildman–Crippen MR) is 90.3 cm³/mol. The predicted octanol–water partition coefficient (Wildman–Crippen LogP) is 3.40. The Morgan fingerprint density at radius 2 is 1.96 bits per heavy atom. The van der Waals surface area contributed by atoms with Gasteiger partial charge >= 0.3 is 5.97 Å². The van der Waals surface area contributed by atoms with Crippen molar-refractivity contribution in [3.8, 4) is 0 Å². The van der Waals surface area contributed by atoms with Gasteiger partial charge in [-0.05, 0) is 49.3 Å². The van der Waals surface area contributed by atoms with Crippen molar-refractivity contribution in [2.75, 3.05) is 6.61 Å². The summed E-state index contributed by atoms with van der Waals surface area (Å²) in [6, 6.07) is 5.69. The monoisotopic (exact) mass is 317 g/mol. The first-order chi connectivity index (χ1) is 10.9. The molecule has 126 valence electrons. The van der Waals surface area contributed by atoms with Crippen LogP contribution in [0.2, 0.25) is 0 Å².